The van der Waals surface area contributed by atoms with E-state index in [-0.39, 0.29) is 17.8 Å². The van der Waals surface area contributed by atoms with Gasteiger partial charge >= 0.3 is 0 Å². The van der Waals surface area contributed by atoms with Crippen LogP contribution in [0.5, 0.6) is 0 Å². The van der Waals surface area contributed by atoms with Crippen LogP contribution in [0.2, 0.25) is 0 Å². The van der Waals surface area contributed by atoms with E-state index in [1.165, 1.54) is 0 Å². The summed E-state index contributed by atoms with van der Waals surface area (Å²) in [6, 6.07) is 9.81. The highest BCUT2D eigenvalue weighted by molar-refractivity contribution is 5.97. The Morgan fingerprint density at radius 2 is 1.97 bits per heavy atom. The quantitative estimate of drug-likeness (QED) is 0.460. The lowest BCUT2D eigenvalue weighted by Crippen LogP contribution is -2.29. The van der Waals surface area contributed by atoms with Crippen molar-refractivity contribution in [3.05, 3.63) is 47.9 Å². The maximum absolute atomic E-state index is 12.1. The van der Waals surface area contributed by atoms with Crippen molar-refractivity contribution in [1.29, 1.82) is 0 Å². The monoisotopic (exact) mass is 420 g/mol. The van der Waals surface area contributed by atoms with Crippen LogP contribution in [0, 0.1) is 0 Å². The Morgan fingerprint density at radius 3 is 2.71 bits per heavy atom. The summed E-state index contributed by atoms with van der Waals surface area (Å²) < 4.78 is 0. The molecule has 0 atom stereocenters. The van der Waals surface area contributed by atoms with Crippen LogP contribution in [0.15, 0.2) is 36.5 Å². The summed E-state index contributed by atoms with van der Waals surface area (Å²) in [5, 5.41) is 17.5. The van der Waals surface area contributed by atoms with Gasteiger partial charge < -0.3 is 21.5 Å². The van der Waals surface area contributed by atoms with E-state index in [0.29, 0.717) is 18.1 Å². The van der Waals surface area contributed by atoms with Gasteiger partial charge in [-0.1, -0.05) is 19.4 Å². The number of carbonyl (C=O) groups excluding carboxylic acids is 1. The third-order valence-electron chi connectivity index (χ3n) is 5.59. The standard InChI is InChI=1S/C23H28N6O2/c1-2-4-19-22(26-15-6-9-17(30)10-7-15)29-23(20(28-19)21(24)31)27-16-8-11-18-14(13-16)5-3-12-25-18/h3,5,8,11-13,15,17,30H,2,4,6-7,9-10H2,1H3,(H2,24,31)(H2,26,27,29). The SMILES string of the molecule is CCCc1nc(C(N)=O)c(Nc2ccc3ncccc3c2)nc1NC1CCC(O)CC1. The lowest BCUT2D eigenvalue weighted by Gasteiger charge is -2.27. The van der Waals surface area contributed by atoms with Crippen LogP contribution in [0.3, 0.4) is 0 Å². The molecule has 1 aliphatic carbocycles. The number of aliphatic hydroxyl groups is 1. The molecule has 8 nitrogen and oxygen atoms in total. The Kier molecular flexibility index (Phi) is 6.27. The van der Waals surface area contributed by atoms with E-state index in [1.54, 1.807) is 6.20 Å². The number of aliphatic hydroxyl groups excluding tert-OH is 1. The van der Waals surface area contributed by atoms with Crippen molar-refractivity contribution in [3.63, 3.8) is 0 Å². The summed E-state index contributed by atoms with van der Waals surface area (Å²) in [6.45, 7) is 2.06. The van der Waals surface area contributed by atoms with Crippen molar-refractivity contribution in [2.24, 2.45) is 5.73 Å². The molecule has 3 aromatic rings. The van der Waals surface area contributed by atoms with Gasteiger partial charge in [0.1, 0.15) is 0 Å². The van der Waals surface area contributed by atoms with Crippen molar-refractivity contribution < 1.29 is 9.90 Å². The highest BCUT2D eigenvalue weighted by Gasteiger charge is 2.23. The molecule has 0 bridgehead atoms. The minimum atomic E-state index is -0.623. The Bertz CT molecular complexity index is 1080. The lowest BCUT2D eigenvalue weighted by atomic mass is 9.93. The molecule has 1 aromatic carbocycles. The Morgan fingerprint density at radius 1 is 1.16 bits per heavy atom. The zero-order valence-electron chi connectivity index (χ0n) is 17.6. The van der Waals surface area contributed by atoms with Crippen molar-refractivity contribution in [2.45, 2.75) is 57.6 Å². The van der Waals surface area contributed by atoms with Gasteiger partial charge in [-0.25, -0.2) is 9.97 Å². The maximum Gasteiger partial charge on any atom is 0.271 e. The first-order valence-corrected chi connectivity index (χ1v) is 10.8. The molecule has 0 unspecified atom stereocenters. The molecule has 31 heavy (non-hydrogen) atoms. The Labute approximate surface area is 181 Å². The fourth-order valence-corrected chi connectivity index (χ4v) is 3.96. The molecule has 4 rings (SSSR count). The highest BCUT2D eigenvalue weighted by Crippen LogP contribution is 2.27. The fourth-order valence-electron chi connectivity index (χ4n) is 3.96. The lowest BCUT2D eigenvalue weighted by molar-refractivity contribution is 0.0996. The molecule has 0 radical (unpaired) electrons. The Hall–Kier alpha value is -3.26. The number of amides is 1. The van der Waals surface area contributed by atoms with Crippen molar-refractivity contribution in [3.8, 4) is 0 Å². The molecule has 162 valence electrons. The zero-order chi connectivity index (χ0) is 21.8. The summed E-state index contributed by atoms with van der Waals surface area (Å²) >= 11 is 0. The molecule has 2 aromatic heterocycles. The van der Waals surface area contributed by atoms with E-state index < -0.39 is 5.91 Å². The predicted molar refractivity (Wildman–Crippen MR) is 121 cm³/mol. The van der Waals surface area contributed by atoms with Gasteiger partial charge in [0.15, 0.2) is 17.3 Å². The van der Waals surface area contributed by atoms with Gasteiger partial charge in [0, 0.05) is 23.3 Å². The molecule has 1 amide bonds. The first-order chi connectivity index (χ1) is 15.0. The number of hydrogen-bond donors (Lipinski definition) is 4. The number of fused-ring (bicyclic) bond motifs is 1. The van der Waals surface area contributed by atoms with E-state index in [1.807, 2.05) is 30.3 Å². The second kappa shape index (κ2) is 9.26. The number of nitrogens with zero attached hydrogens (tertiary/aromatic N) is 3. The zero-order valence-corrected chi connectivity index (χ0v) is 17.6. The second-order valence-electron chi connectivity index (χ2n) is 8.02. The molecule has 2 heterocycles. The summed E-state index contributed by atoms with van der Waals surface area (Å²) in [5.41, 5.74) is 8.14. The van der Waals surface area contributed by atoms with Crippen LogP contribution in [0.1, 0.15) is 55.2 Å². The number of pyridine rings is 1. The first kappa shape index (κ1) is 21.0. The third-order valence-corrected chi connectivity index (χ3v) is 5.59. The van der Waals surface area contributed by atoms with E-state index in [4.69, 9.17) is 10.7 Å². The topological polar surface area (TPSA) is 126 Å². The van der Waals surface area contributed by atoms with Crippen LogP contribution < -0.4 is 16.4 Å². The third kappa shape index (κ3) is 4.91. The molecule has 8 heteroatoms. The minimum absolute atomic E-state index is 0.124. The van der Waals surface area contributed by atoms with E-state index in [9.17, 15) is 9.90 Å². The largest absolute Gasteiger partial charge is 0.393 e. The fraction of sp³-hybridized carbons (Fsp3) is 0.391. The van der Waals surface area contributed by atoms with Gasteiger partial charge in [-0.05, 0) is 56.4 Å². The van der Waals surface area contributed by atoms with Crippen LogP contribution in [-0.2, 0) is 6.42 Å². The van der Waals surface area contributed by atoms with E-state index in [0.717, 1.165) is 54.4 Å². The number of primary amides is 1. The molecule has 1 aliphatic rings. The summed E-state index contributed by atoms with van der Waals surface area (Å²) in [5.74, 6) is 0.370. The first-order valence-electron chi connectivity index (χ1n) is 10.8. The molecule has 1 saturated carbocycles. The molecular weight excluding hydrogens is 392 g/mol. The summed E-state index contributed by atoms with van der Waals surface area (Å²) in [6.07, 6.45) is 6.35. The molecule has 0 aliphatic heterocycles. The van der Waals surface area contributed by atoms with Crippen LogP contribution in [0.25, 0.3) is 10.9 Å². The van der Waals surface area contributed by atoms with Gasteiger partial charge in [-0.3, -0.25) is 9.78 Å². The molecule has 5 N–H and O–H groups in total. The number of nitrogens with one attached hydrogen (secondary N) is 2. The average molecular weight is 421 g/mol. The molecular formula is C23H28N6O2. The summed E-state index contributed by atoms with van der Waals surface area (Å²) in [7, 11) is 0. The van der Waals surface area contributed by atoms with Gasteiger partial charge in [-0.2, -0.15) is 0 Å². The van der Waals surface area contributed by atoms with Gasteiger partial charge in [-0.15, -0.1) is 0 Å². The van der Waals surface area contributed by atoms with Gasteiger partial charge in [0.05, 0.1) is 17.3 Å². The van der Waals surface area contributed by atoms with Gasteiger partial charge in [0.2, 0.25) is 0 Å². The average Bonchev–Trinajstić information content (AvgIpc) is 2.77. The van der Waals surface area contributed by atoms with E-state index in [2.05, 4.69) is 27.5 Å². The number of nitrogens with two attached hydrogens (primary N) is 1. The number of benzene rings is 1. The molecule has 0 saturated heterocycles. The van der Waals surface area contributed by atoms with Crippen LogP contribution in [-0.4, -0.2) is 38.1 Å². The molecule has 0 spiro atoms. The number of carbonyl (C=O) groups is 1. The Balaban J connectivity index is 1.67. The number of aromatic nitrogens is 3. The van der Waals surface area contributed by atoms with Gasteiger partial charge in [0.25, 0.3) is 5.91 Å². The minimum Gasteiger partial charge on any atom is -0.393 e. The van der Waals surface area contributed by atoms with E-state index >= 15 is 0 Å². The number of aryl methyl sites for hydroxylation is 1. The van der Waals surface area contributed by atoms with Crippen molar-refractivity contribution in [2.75, 3.05) is 10.6 Å². The van der Waals surface area contributed by atoms with Crippen LogP contribution >= 0.6 is 0 Å². The second-order valence-corrected chi connectivity index (χ2v) is 8.02. The van der Waals surface area contributed by atoms with Crippen molar-refractivity contribution >= 4 is 34.1 Å². The van der Waals surface area contributed by atoms with Crippen molar-refractivity contribution in [1.82, 2.24) is 15.0 Å². The number of anilines is 3. The maximum atomic E-state index is 12.1. The van der Waals surface area contributed by atoms with Crippen LogP contribution in [0.4, 0.5) is 17.3 Å². The molecule has 1 fully saturated rings. The normalized spacial score (nSPS) is 18.6. The highest BCUT2D eigenvalue weighted by atomic mass is 16.3. The smallest absolute Gasteiger partial charge is 0.271 e. The summed E-state index contributed by atoms with van der Waals surface area (Å²) in [4.78, 5) is 25.8. The number of hydrogen-bond acceptors (Lipinski definition) is 7. The number of rotatable bonds is 7. The predicted octanol–water partition coefficient (Wildman–Crippen LogP) is 3.54.